The van der Waals surface area contributed by atoms with Gasteiger partial charge >= 0.3 is 0 Å². The van der Waals surface area contributed by atoms with Crippen molar-refractivity contribution in [2.45, 2.75) is 45.8 Å². The molecule has 0 radical (unpaired) electrons. The number of hydrogen-bond donors (Lipinski definition) is 3. The highest BCUT2D eigenvalue weighted by Gasteiger charge is 2.24. The Morgan fingerprint density at radius 2 is 1.58 bits per heavy atom. The molecule has 0 saturated heterocycles. The number of fused-ring (bicyclic) bond motifs is 1. The summed E-state index contributed by atoms with van der Waals surface area (Å²) in [4.78, 5) is 0. The van der Waals surface area contributed by atoms with Crippen LogP contribution in [-0.4, -0.2) is 16.4 Å². The molecular weight excluding hydrogens is 298 g/mol. The predicted octanol–water partition coefficient (Wildman–Crippen LogP) is 4.92. The average molecular weight is 323 g/mol. The summed E-state index contributed by atoms with van der Waals surface area (Å²) in [5.41, 5.74) is 5.73. The standard InChI is InChI=1S/C21H25NO2/c1-12(2)16-9-14(10-17(13(3)4)20(16)23)11-18-15-7-5-6-8-19(15)22-21(18)24/h5-13,21-24H,1-4H3. The van der Waals surface area contributed by atoms with Crippen molar-refractivity contribution in [1.82, 2.24) is 0 Å². The monoisotopic (exact) mass is 323 g/mol. The van der Waals surface area contributed by atoms with E-state index in [0.29, 0.717) is 5.75 Å². The van der Waals surface area contributed by atoms with Gasteiger partial charge in [-0.05, 0) is 52.8 Å². The molecule has 1 unspecified atom stereocenters. The minimum absolute atomic E-state index is 0.236. The van der Waals surface area contributed by atoms with Crippen molar-refractivity contribution in [2.75, 3.05) is 5.32 Å². The lowest BCUT2D eigenvalue weighted by atomic mass is 9.90. The molecular formula is C21H25NO2. The van der Waals surface area contributed by atoms with E-state index in [0.717, 1.165) is 33.5 Å². The zero-order valence-corrected chi connectivity index (χ0v) is 14.7. The van der Waals surface area contributed by atoms with Gasteiger partial charge in [-0.25, -0.2) is 0 Å². The lowest BCUT2D eigenvalue weighted by molar-refractivity contribution is 0.266. The number of aliphatic hydroxyl groups is 1. The zero-order chi connectivity index (χ0) is 17.4. The van der Waals surface area contributed by atoms with E-state index in [1.54, 1.807) is 0 Å². The van der Waals surface area contributed by atoms with Gasteiger partial charge in [0.15, 0.2) is 6.23 Å². The Morgan fingerprint density at radius 3 is 2.17 bits per heavy atom. The van der Waals surface area contributed by atoms with Gasteiger partial charge in [-0.15, -0.1) is 0 Å². The van der Waals surface area contributed by atoms with Crippen LogP contribution in [0.4, 0.5) is 5.69 Å². The van der Waals surface area contributed by atoms with Crippen LogP contribution in [0, 0.1) is 0 Å². The summed E-state index contributed by atoms with van der Waals surface area (Å²) < 4.78 is 0. The Bertz CT molecular complexity index is 761. The van der Waals surface area contributed by atoms with Gasteiger partial charge in [0.2, 0.25) is 0 Å². The van der Waals surface area contributed by atoms with Gasteiger partial charge in [0.25, 0.3) is 0 Å². The van der Waals surface area contributed by atoms with Gasteiger partial charge in [-0.1, -0.05) is 45.9 Å². The van der Waals surface area contributed by atoms with Crippen LogP contribution in [0.25, 0.3) is 11.6 Å². The predicted molar refractivity (Wildman–Crippen MR) is 100 cm³/mol. The molecule has 3 heteroatoms. The van der Waals surface area contributed by atoms with E-state index < -0.39 is 6.23 Å². The van der Waals surface area contributed by atoms with Crippen LogP contribution in [-0.2, 0) is 0 Å². The molecule has 24 heavy (non-hydrogen) atoms. The minimum atomic E-state index is -0.707. The van der Waals surface area contributed by atoms with Crippen molar-refractivity contribution in [3.05, 3.63) is 58.7 Å². The number of benzene rings is 2. The maximum Gasteiger partial charge on any atom is 0.151 e. The lowest BCUT2D eigenvalue weighted by Crippen LogP contribution is -2.12. The third-order valence-corrected chi connectivity index (χ3v) is 4.58. The number of hydrogen-bond acceptors (Lipinski definition) is 3. The summed E-state index contributed by atoms with van der Waals surface area (Å²) >= 11 is 0. The Labute approximate surface area is 143 Å². The minimum Gasteiger partial charge on any atom is -0.507 e. The zero-order valence-electron chi connectivity index (χ0n) is 14.7. The summed E-state index contributed by atoms with van der Waals surface area (Å²) in [6, 6.07) is 11.9. The molecule has 3 rings (SSSR count). The summed E-state index contributed by atoms with van der Waals surface area (Å²) in [7, 11) is 0. The van der Waals surface area contributed by atoms with Crippen molar-refractivity contribution in [1.29, 1.82) is 0 Å². The molecule has 0 fully saturated rings. The first-order valence-electron chi connectivity index (χ1n) is 8.51. The maximum atomic E-state index is 10.5. The number of nitrogens with one attached hydrogen (secondary N) is 1. The number of phenols is 1. The van der Waals surface area contributed by atoms with Crippen LogP contribution >= 0.6 is 0 Å². The summed E-state index contributed by atoms with van der Waals surface area (Å²) in [5, 5.41) is 24.0. The molecule has 126 valence electrons. The van der Waals surface area contributed by atoms with Crippen LogP contribution < -0.4 is 5.32 Å². The van der Waals surface area contributed by atoms with Crippen LogP contribution in [0.3, 0.4) is 0 Å². The topological polar surface area (TPSA) is 52.5 Å². The number of phenolic OH excluding ortho intramolecular Hbond substituents is 1. The number of para-hydroxylation sites is 1. The molecule has 0 amide bonds. The quantitative estimate of drug-likeness (QED) is 0.751. The van der Waals surface area contributed by atoms with Crippen molar-refractivity contribution >= 4 is 17.3 Å². The fourth-order valence-electron chi connectivity index (χ4n) is 3.24. The number of aromatic hydroxyl groups is 1. The average Bonchev–Trinajstić information content (AvgIpc) is 2.84. The SMILES string of the molecule is CC(C)c1cc(C=C2c3ccccc3NC2O)cc(C(C)C)c1O. The molecule has 1 atom stereocenters. The third kappa shape index (κ3) is 2.92. The fourth-order valence-corrected chi connectivity index (χ4v) is 3.24. The first-order valence-corrected chi connectivity index (χ1v) is 8.51. The van der Waals surface area contributed by atoms with E-state index in [1.165, 1.54) is 0 Å². The molecule has 0 bridgehead atoms. The Balaban J connectivity index is 2.13. The Hall–Kier alpha value is -2.26. The van der Waals surface area contributed by atoms with Crippen molar-refractivity contribution in [3.8, 4) is 5.75 Å². The van der Waals surface area contributed by atoms with Crippen LogP contribution in [0.1, 0.15) is 61.8 Å². The van der Waals surface area contributed by atoms with E-state index in [2.05, 4.69) is 33.0 Å². The normalized spacial score (nSPS) is 18.3. The van der Waals surface area contributed by atoms with E-state index in [-0.39, 0.29) is 11.8 Å². The highest BCUT2D eigenvalue weighted by Crippen LogP contribution is 2.38. The van der Waals surface area contributed by atoms with Gasteiger partial charge in [0, 0.05) is 16.8 Å². The molecule has 1 aliphatic heterocycles. The van der Waals surface area contributed by atoms with Crippen LogP contribution in [0.15, 0.2) is 36.4 Å². The van der Waals surface area contributed by atoms with Gasteiger partial charge < -0.3 is 15.5 Å². The van der Waals surface area contributed by atoms with E-state index >= 15 is 0 Å². The first kappa shape index (κ1) is 16.6. The van der Waals surface area contributed by atoms with E-state index in [1.807, 2.05) is 42.5 Å². The van der Waals surface area contributed by atoms with E-state index in [9.17, 15) is 10.2 Å². The van der Waals surface area contributed by atoms with Gasteiger partial charge in [-0.3, -0.25) is 0 Å². The number of rotatable bonds is 3. The molecule has 0 aromatic heterocycles. The van der Waals surface area contributed by atoms with Crippen molar-refractivity contribution < 1.29 is 10.2 Å². The maximum absolute atomic E-state index is 10.5. The highest BCUT2D eigenvalue weighted by atomic mass is 16.3. The highest BCUT2D eigenvalue weighted by molar-refractivity contribution is 5.94. The van der Waals surface area contributed by atoms with Crippen molar-refractivity contribution in [3.63, 3.8) is 0 Å². The Kier molecular flexibility index (Phi) is 4.37. The molecule has 3 N–H and O–H groups in total. The molecule has 0 spiro atoms. The van der Waals surface area contributed by atoms with Crippen molar-refractivity contribution in [2.24, 2.45) is 0 Å². The second-order valence-electron chi connectivity index (χ2n) is 7.05. The molecule has 2 aromatic rings. The number of aliphatic hydroxyl groups excluding tert-OH is 1. The summed E-state index contributed by atoms with van der Waals surface area (Å²) in [5.74, 6) is 0.868. The van der Waals surface area contributed by atoms with E-state index in [4.69, 9.17) is 0 Å². The van der Waals surface area contributed by atoms with Crippen LogP contribution in [0.2, 0.25) is 0 Å². The molecule has 1 heterocycles. The lowest BCUT2D eigenvalue weighted by Gasteiger charge is -2.17. The fraction of sp³-hybridized carbons (Fsp3) is 0.333. The number of anilines is 1. The molecule has 0 aliphatic carbocycles. The third-order valence-electron chi connectivity index (χ3n) is 4.58. The van der Waals surface area contributed by atoms with Gasteiger partial charge in [0.05, 0.1) is 0 Å². The smallest absolute Gasteiger partial charge is 0.151 e. The summed E-state index contributed by atoms with van der Waals surface area (Å²) in [6.45, 7) is 8.32. The molecule has 3 nitrogen and oxygen atoms in total. The summed E-state index contributed by atoms with van der Waals surface area (Å²) in [6.07, 6.45) is 1.31. The van der Waals surface area contributed by atoms with Gasteiger partial charge in [-0.2, -0.15) is 0 Å². The molecule has 1 aliphatic rings. The molecule has 2 aromatic carbocycles. The van der Waals surface area contributed by atoms with Gasteiger partial charge in [0.1, 0.15) is 5.75 Å². The van der Waals surface area contributed by atoms with Crippen LogP contribution in [0.5, 0.6) is 5.75 Å². The largest absolute Gasteiger partial charge is 0.507 e. The second-order valence-corrected chi connectivity index (χ2v) is 7.05. The first-order chi connectivity index (χ1) is 11.4. The molecule has 0 saturated carbocycles. The second kappa shape index (κ2) is 6.33. The Morgan fingerprint density at radius 1 is 1.00 bits per heavy atom.